The Balaban J connectivity index is 1.91. The third kappa shape index (κ3) is 3.60. The van der Waals surface area contributed by atoms with Gasteiger partial charge >= 0.3 is 0 Å². The second-order valence-corrected chi connectivity index (χ2v) is 6.52. The van der Waals surface area contributed by atoms with Crippen molar-refractivity contribution in [3.63, 3.8) is 0 Å². The summed E-state index contributed by atoms with van der Waals surface area (Å²) in [6, 6.07) is 6.63. The molecular formula is C16H21N3OS. The molecule has 1 aliphatic rings. The standard InChI is InChI=1S/C16H21N3OS/c1-2-3-8-19-16(20)12(11-17-13-6-7-13)10-14(18-19)15-5-4-9-21-15/h4-5,9-10,13,17H,2-3,6-8,11H2,1H3. The third-order valence-corrected chi connectivity index (χ3v) is 4.60. The quantitative estimate of drug-likeness (QED) is 0.855. The first-order chi connectivity index (χ1) is 10.3. The number of aromatic nitrogens is 2. The van der Waals surface area contributed by atoms with E-state index in [0.29, 0.717) is 19.1 Å². The summed E-state index contributed by atoms with van der Waals surface area (Å²) in [5.74, 6) is 0. The van der Waals surface area contributed by atoms with Crippen LogP contribution in [0.25, 0.3) is 10.6 Å². The van der Waals surface area contributed by atoms with E-state index in [2.05, 4.69) is 23.4 Å². The van der Waals surface area contributed by atoms with Crippen LogP contribution in [0.2, 0.25) is 0 Å². The SMILES string of the molecule is CCCCn1nc(-c2cccs2)cc(CNC2CC2)c1=O. The predicted molar refractivity (Wildman–Crippen MR) is 86.6 cm³/mol. The molecule has 112 valence electrons. The van der Waals surface area contributed by atoms with Crippen LogP contribution in [0.4, 0.5) is 0 Å². The van der Waals surface area contributed by atoms with E-state index < -0.39 is 0 Å². The Hall–Kier alpha value is -1.46. The topological polar surface area (TPSA) is 46.9 Å². The number of thiophene rings is 1. The predicted octanol–water partition coefficient (Wildman–Crippen LogP) is 3.02. The van der Waals surface area contributed by atoms with Crippen LogP contribution in [-0.4, -0.2) is 15.8 Å². The molecule has 0 unspecified atom stereocenters. The maximum Gasteiger partial charge on any atom is 0.271 e. The van der Waals surface area contributed by atoms with Gasteiger partial charge in [0.05, 0.1) is 4.88 Å². The lowest BCUT2D eigenvalue weighted by molar-refractivity contribution is 0.535. The zero-order chi connectivity index (χ0) is 14.7. The van der Waals surface area contributed by atoms with Crippen molar-refractivity contribution in [2.75, 3.05) is 0 Å². The van der Waals surface area contributed by atoms with E-state index in [-0.39, 0.29) is 5.56 Å². The average molecular weight is 303 g/mol. The lowest BCUT2D eigenvalue weighted by Crippen LogP contribution is -2.30. The molecular weight excluding hydrogens is 282 g/mol. The Morgan fingerprint density at radius 1 is 1.48 bits per heavy atom. The van der Waals surface area contributed by atoms with Crippen molar-refractivity contribution in [2.24, 2.45) is 0 Å². The molecule has 0 spiro atoms. The van der Waals surface area contributed by atoms with Crippen LogP contribution in [-0.2, 0) is 13.1 Å². The van der Waals surface area contributed by atoms with Gasteiger partial charge in [-0.05, 0) is 36.8 Å². The largest absolute Gasteiger partial charge is 0.310 e. The van der Waals surface area contributed by atoms with Gasteiger partial charge in [0.25, 0.3) is 5.56 Å². The number of aryl methyl sites for hydroxylation is 1. The van der Waals surface area contributed by atoms with Gasteiger partial charge in [-0.3, -0.25) is 4.79 Å². The molecule has 2 heterocycles. The molecule has 1 aliphatic carbocycles. The summed E-state index contributed by atoms with van der Waals surface area (Å²) in [5, 5.41) is 10.0. The van der Waals surface area contributed by atoms with Crippen LogP contribution in [0.5, 0.6) is 0 Å². The number of rotatable bonds is 7. The first-order valence-electron chi connectivity index (χ1n) is 7.66. The number of hydrogen-bond donors (Lipinski definition) is 1. The highest BCUT2D eigenvalue weighted by Gasteiger charge is 2.21. The zero-order valence-electron chi connectivity index (χ0n) is 12.3. The monoisotopic (exact) mass is 303 g/mol. The van der Waals surface area contributed by atoms with E-state index in [1.54, 1.807) is 16.0 Å². The summed E-state index contributed by atoms with van der Waals surface area (Å²) in [4.78, 5) is 13.6. The average Bonchev–Trinajstić information content (AvgIpc) is 3.16. The summed E-state index contributed by atoms with van der Waals surface area (Å²) in [6.07, 6.45) is 4.50. The summed E-state index contributed by atoms with van der Waals surface area (Å²) < 4.78 is 1.64. The minimum atomic E-state index is 0.0527. The molecule has 0 atom stereocenters. The van der Waals surface area contributed by atoms with Crippen molar-refractivity contribution in [3.05, 3.63) is 39.5 Å². The lowest BCUT2D eigenvalue weighted by Gasteiger charge is -2.10. The summed E-state index contributed by atoms with van der Waals surface area (Å²) >= 11 is 1.66. The van der Waals surface area contributed by atoms with Gasteiger partial charge in [0, 0.05) is 24.7 Å². The van der Waals surface area contributed by atoms with E-state index in [1.807, 2.05) is 17.5 Å². The van der Waals surface area contributed by atoms with Crippen molar-refractivity contribution in [1.82, 2.24) is 15.1 Å². The Bertz CT molecular complexity index is 644. The van der Waals surface area contributed by atoms with E-state index in [0.717, 1.165) is 29.0 Å². The molecule has 1 saturated carbocycles. The van der Waals surface area contributed by atoms with Crippen LogP contribution < -0.4 is 10.9 Å². The molecule has 0 radical (unpaired) electrons. The van der Waals surface area contributed by atoms with E-state index >= 15 is 0 Å². The Kier molecular flexibility index (Phi) is 4.51. The molecule has 1 N–H and O–H groups in total. The Morgan fingerprint density at radius 2 is 2.33 bits per heavy atom. The number of hydrogen-bond acceptors (Lipinski definition) is 4. The molecule has 0 amide bonds. The van der Waals surface area contributed by atoms with Crippen LogP contribution >= 0.6 is 11.3 Å². The maximum absolute atomic E-state index is 12.5. The number of unbranched alkanes of at least 4 members (excludes halogenated alkanes) is 1. The molecule has 4 nitrogen and oxygen atoms in total. The lowest BCUT2D eigenvalue weighted by atomic mass is 10.2. The molecule has 1 fully saturated rings. The van der Waals surface area contributed by atoms with Crippen LogP contribution in [0.15, 0.2) is 28.4 Å². The van der Waals surface area contributed by atoms with Crippen molar-refractivity contribution in [2.45, 2.75) is 51.7 Å². The van der Waals surface area contributed by atoms with Gasteiger partial charge in [0.2, 0.25) is 0 Å². The summed E-state index contributed by atoms with van der Waals surface area (Å²) in [6.45, 7) is 3.48. The van der Waals surface area contributed by atoms with Gasteiger partial charge in [-0.25, -0.2) is 4.68 Å². The van der Waals surface area contributed by atoms with Gasteiger partial charge in [-0.15, -0.1) is 11.3 Å². The van der Waals surface area contributed by atoms with Gasteiger partial charge in [-0.2, -0.15) is 5.10 Å². The molecule has 2 aromatic heterocycles. The van der Waals surface area contributed by atoms with Crippen molar-refractivity contribution in [3.8, 4) is 10.6 Å². The first kappa shape index (κ1) is 14.5. The highest BCUT2D eigenvalue weighted by molar-refractivity contribution is 7.13. The van der Waals surface area contributed by atoms with E-state index in [4.69, 9.17) is 0 Å². The minimum Gasteiger partial charge on any atom is -0.310 e. The third-order valence-electron chi connectivity index (χ3n) is 3.70. The van der Waals surface area contributed by atoms with Crippen molar-refractivity contribution >= 4 is 11.3 Å². The molecule has 0 bridgehead atoms. The summed E-state index contributed by atoms with van der Waals surface area (Å²) in [7, 11) is 0. The molecule has 2 aromatic rings. The van der Waals surface area contributed by atoms with Crippen LogP contribution in [0, 0.1) is 0 Å². The second kappa shape index (κ2) is 6.54. The van der Waals surface area contributed by atoms with E-state index in [9.17, 15) is 4.79 Å². The van der Waals surface area contributed by atoms with Crippen molar-refractivity contribution < 1.29 is 0 Å². The van der Waals surface area contributed by atoms with Gasteiger partial charge in [0.1, 0.15) is 5.69 Å². The van der Waals surface area contributed by atoms with Crippen molar-refractivity contribution in [1.29, 1.82) is 0 Å². The first-order valence-corrected chi connectivity index (χ1v) is 8.54. The normalized spacial score (nSPS) is 14.5. The zero-order valence-corrected chi connectivity index (χ0v) is 13.2. The molecule has 0 aliphatic heterocycles. The van der Waals surface area contributed by atoms with Crippen LogP contribution in [0.1, 0.15) is 38.2 Å². The number of nitrogens with one attached hydrogen (secondary N) is 1. The second-order valence-electron chi connectivity index (χ2n) is 5.57. The number of nitrogens with zero attached hydrogens (tertiary/aromatic N) is 2. The molecule has 0 aromatic carbocycles. The Morgan fingerprint density at radius 3 is 3.00 bits per heavy atom. The van der Waals surface area contributed by atoms with Gasteiger partial charge in [-0.1, -0.05) is 19.4 Å². The van der Waals surface area contributed by atoms with Crippen LogP contribution in [0.3, 0.4) is 0 Å². The summed E-state index contributed by atoms with van der Waals surface area (Å²) in [5.41, 5.74) is 1.79. The fraction of sp³-hybridized carbons (Fsp3) is 0.500. The fourth-order valence-electron chi connectivity index (χ4n) is 2.27. The van der Waals surface area contributed by atoms with E-state index in [1.165, 1.54) is 12.8 Å². The minimum absolute atomic E-state index is 0.0527. The maximum atomic E-state index is 12.5. The highest BCUT2D eigenvalue weighted by Crippen LogP contribution is 2.23. The molecule has 5 heteroatoms. The van der Waals surface area contributed by atoms with Gasteiger partial charge in [0.15, 0.2) is 0 Å². The molecule has 3 rings (SSSR count). The highest BCUT2D eigenvalue weighted by atomic mass is 32.1. The Labute approximate surface area is 128 Å². The van der Waals surface area contributed by atoms with Gasteiger partial charge < -0.3 is 5.32 Å². The molecule has 0 saturated heterocycles. The fourth-order valence-corrected chi connectivity index (χ4v) is 2.95. The molecule has 21 heavy (non-hydrogen) atoms. The smallest absolute Gasteiger partial charge is 0.271 e.